The minimum Gasteiger partial charge on any atom is -0.492 e. The number of nitrogens with zero attached hydrogens (tertiary/aromatic N) is 5. The monoisotopic (exact) mass is 574 g/mol. The molecule has 38 heavy (non-hydrogen) atoms. The van der Waals surface area contributed by atoms with Gasteiger partial charge in [-0.05, 0) is 50.6 Å². The van der Waals surface area contributed by atoms with Crippen LogP contribution in [0.3, 0.4) is 0 Å². The van der Waals surface area contributed by atoms with Gasteiger partial charge in [-0.2, -0.15) is 0 Å². The molecule has 4 aromatic rings. The molecule has 0 atom stereocenters. The van der Waals surface area contributed by atoms with Gasteiger partial charge in [0.25, 0.3) is 5.56 Å². The lowest BCUT2D eigenvalue weighted by Crippen LogP contribution is -2.23. The first-order chi connectivity index (χ1) is 18.3. The van der Waals surface area contributed by atoms with Crippen LogP contribution in [0, 0.1) is 6.92 Å². The quantitative estimate of drug-likeness (QED) is 0.197. The zero-order valence-electron chi connectivity index (χ0n) is 21.3. The molecule has 0 bridgehead atoms. The Balaban J connectivity index is 1.34. The van der Waals surface area contributed by atoms with E-state index < -0.39 is 0 Å². The average Bonchev–Trinajstić information content (AvgIpc) is 3.39. The molecule has 0 radical (unpaired) electrons. The van der Waals surface area contributed by atoms with E-state index in [4.69, 9.17) is 27.9 Å². The zero-order valence-corrected chi connectivity index (χ0v) is 23.6. The third-order valence-corrected chi connectivity index (χ3v) is 7.45. The number of nitrogens with one attached hydrogen (secondary N) is 1. The molecule has 0 spiro atoms. The number of rotatable bonds is 11. The molecule has 0 unspecified atom stereocenters. The molecule has 0 aliphatic heterocycles. The van der Waals surface area contributed by atoms with Crippen LogP contribution >= 0.6 is 35.0 Å². The van der Waals surface area contributed by atoms with Gasteiger partial charge in [0.2, 0.25) is 5.91 Å². The standard InChI is InChI=1S/C26H28Cl2N6O3S/c1-4-33-22(11-8-14-37-21-13-12-18(27)15-20(21)28)30-31-26(33)38-16-23(35)29-24-17(2)32(3)34(25(24)36)19-9-6-5-7-10-19/h5-7,9-10,12-13,15H,4,8,11,14,16H2,1-3H3,(H,29,35). The summed E-state index contributed by atoms with van der Waals surface area (Å²) in [5.74, 6) is 1.20. The minimum absolute atomic E-state index is 0.0927. The van der Waals surface area contributed by atoms with Gasteiger partial charge in [-0.3, -0.25) is 14.3 Å². The Morgan fingerprint density at radius 2 is 1.89 bits per heavy atom. The van der Waals surface area contributed by atoms with Gasteiger partial charge in [0.15, 0.2) is 5.16 Å². The molecule has 0 fully saturated rings. The van der Waals surface area contributed by atoms with Gasteiger partial charge < -0.3 is 14.6 Å². The smallest absolute Gasteiger partial charge is 0.295 e. The number of aryl methyl sites for hydroxylation is 1. The summed E-state index contributed by atoms with van der Waals surface area (Å²) >= 11 is 13.4. The van der Waals surface area contributed by atoms with Crippen LogP contribution in [0.2, 0.25) is 10.0 Å². The lowest BCUT2D eigenvalue weighted by Gasteiger charge is -2.09. The second-order valence-corrected chi connectivity index (χ2v) is 10.2. The summed E-state index contributed by atoms with van der Waals surface area (Å²) in [5, 5.41) is 13.0. The maximum atomic E-state index is 13.0. The van der Waals surface area contributed by atoms with Crippen LogP contribution in [-0.4, -0.2) is 42.4 Å². The van der Waals surface area contributed by atoms with Crippen LogP contribution in [-0.2, 0) is 24.8 Å². The number of ether oxygens (including phenoxy) is 1. The van der Waals surface area contributed by atoms with Gasteiger partial charge in [0.05, 0.1) is 28.8 Å². The van der Waals surface area contributed by atoms with Crippen molar-refractivity contribution in [1.29, 1.82) is 0 Å². The molecule has 12 heteroatoms. The molecule has 200 valence electrons. The number of benzene rings is 2. The second-order valence-electron chi connectivity index (χ2n) is 8.44. The molecular weight excluding hydrogens is 547 g/mol. The van der Waals surface area contributed by atoms with E-state index in [1.54, 1.807) is 36.9 Å². The third-order valence-electron chi connectivity index (χ3n) is 5.96. The summed E-state index contributed by atoms with van der Waals surface area (Å²) in [6, 6.07) is 14.4. The summed E-state index contributed by atoms with van der Waals surface area (Å²) in [6.07, 6.45) is 1.37. The van der Waals surface area contributed by atoms with Crippen molar-refractivity contribution >= 4 is 46.6 Å². The predicted molar refractivity (Wildman–Crippen MR) is 151 cm³/mol. The van der Waals surface area contributed by atoms with Gasteiger partial charge in [-0.15, -0.1) is 10.2 Å². The van der Waals surface area contributed by atoms with E-state index in [1.807, 2.05) is 41.8 Å². The summed E-state index contributed by atoms with van der Waals surface area (Å²) < 4.78 is 11.0. The fourth-order valence-corrected chi connectivity index (χ4v) is 5.24. The Kier molecular flexibility index (Phi) is 9.19. The summed E-state index contributed by atoms with van der Waals surface area (Å²) in [7, 11) is 1.79. The minimum atomic E-state index is -0.290. The normalized spacial score (nSPS) is 11.1. The molecule has 0 saturated carbocycles. The van der Waals surface area contributed by atoms with Gasteiger partial charge in [-0.1, -0.05) is 53.2 Å². The number of aromatic nitrogens is 5. The Morgan fingerprint density at radius 3 is 2.61 bits per heavy atom. The first-order valence-corrected chi connectivity index (χ1v) is 13.8. The van der Waals surface area contributed by atoms with Gasteiger partial charge in [0.1, 0.15) is 17.3 Å². The summed E-state index contributed by atoms with van der Waals surface area (Å²) in [4.78, 5) is 25.8. The lowest BCUT2D eigenvalue weighted by atomic mass is 10.3. The third kappa shape index (κ3) is 6.25. The SMILES string of the molecule is CCn1c(CCCOc2ccc(Cl)cc2Cl)nnc1SCC(=O)Nc1c(C)n(C)n(-c2ccccc2)c1=O. The number of hydrogen-bond acceptors (Lipinski definition) is 6. The fourth-order valence-electron chi connectivity index (χ4n) is 3.95. The second kappa shape index (κ2) is 12.6. The van der Waals surface area contributed by atoms with Crippen molar-refractivity contribution in [2.75, 3.05) is 17.7 Å². The summed E-state index contributed by atoms with van der Waals surface area (Å²) in [5.41, 5.74) is 1.37. The maximum Gasteiger partial charge on any atom is 0.295 e. The topological polar surface area (TPSA) is 96.0 Å². The molecule has 2 aromatic heterocycles. The molecule has 0 aliphatic carbocycles. The van der Waals surface area contributed by atoms with Crippen LogP contribution in [0.15, 0.2) is 58.5 Å². The van der Waals surface area contributed by atoms with E-state index in [0.29, 0.717) is 52.6 Å². The molecule has 1 N–H and O–H groups in total. The van der Waals surface area contributed by atoms with Crippen molar-refractivity contribution in [3.05, 3.63) is 80.4 Å². The lowest BCUT2D eigenvalue weighted by molar-refractivity contribution is -0.113. The molecule has 2 aromatic carbocycles. The first-order valence-electron chi connectivity index (χ1n) is 12.1. The largest absolute Gasteiger partial charge is 0.492 e. The molecule has 0 aliphatic rings. The Labute approximate surface area is 234 Å². The number of carbonyl (C=O) groups is 1. The van der Waals surface area contributed by atoms with E-state index in [2.05, 4.69) is 15.5 Å². The van der Waals surface area contributed by atoms with E-state index in [1.165, 1.54) is 16.4 Å². The van der Waals surface area contributed by atoms with Gasteiger partial charge in [-0.25, -0.2) is 4.68 Å². The van der Waals surface area contributed by atoms with Crippen LogP contribution in [0.5, 0.6) is 5.75 Å². The Morgan fingerprint density at radius 1 is 1.13 bits per heavy atom. The van der Waals surface area contributed by atoms with Crippen molar-refractivity contribution < 1.29 is 9.53 Å². The Bertz CT molecular complexity index is 1480. The predicted octanol–water partition coefficient (Wildman–Crippen LogP) is 5.15. The van der Waals surface area contributed by atoms with Crippen molar-refractivity contribution in [3.8, 4) is 11.4 Å². The number of amides is 1. The summed E-state index contributed by atoms with van der Waals surface area (Å²) in [6.45, 7) is 4.92. The molecule has 2 heterocycles. The van der Waals surface area contributed by atoms with Crippen LogP contribution < -0.4 is 15.6 Å². The van der Waals surface area contributed by atoms with Crippen molar-refractivity contribution in [2.45, 2.75) is 38.4 Å². The van der Waals surface area contributed by atoms with Gasteiger partial charge in [0, 0.05) is 25.0 Å². The fraction of sp³-hybridized carbons (Fsp3) is 0.308. The van der Waals surface area contributed by atoms with Crippen LogP contribution in [0.1, 0.15) is 24.9 Å². The van der Waals surface area contributed by atoms with E-state index in [9.17, 15) is 9.59 Å². The van der Waals surface area contributed by atoms with Crippen LogP contribution in [0.4, 0.5) is 5.69 Å². The number of anilines is 1. The number of carbonyl (C=O) groups excluding carboxylic acids is 1. The van der Waals surface area contributed by atoms with E-state index >= 15 is 0 Å². The molecular formula is C26H28Cl2N6O3S. The molecule has 4 rings (SSSR count). The number of halogens is 2. The highest BCUT2D eigenvalue weighted by molar-refractivity contribution is 7.99. The Hall–Kier alpha value is -3.21. The average molecular weight is 576 g/mol. The van der Waals surface area contributed by atoms with E-state index in [0.717, 1.165) is 11.5 Å². The highest BCUT2D eigenvalue weighted by Crippen LogP contribution is 2.27. The van der Waals surface area contributed by atoms with E-state index in [-0.39, 0.29) is 22.9 Å². The number of thioether (sulfide) groups is 1. The van der Waals surface area contributed by atoms with Crippen molar-refractivity contribution in [2.24, 2.45) is 7.05 Å². The molecule has 0 saturated heterocycles. The van der Waals surface area contributed by atoms with Crippen molar-refractivity contribution in [1.82, 2.24) is 24.1 Å². The maximum absolute atomic E-state index is 13.0. The zero-order chi connectivity index (χ0) is 27.2. The number of para-hydroxylation sites is 1. The van der Waals surface area contributed by atoms with Crippen molar-refractivity contribution in [3.63, 3.8) is 0 Å². The van der Waals surface area contributed by atoms with Crippen LogP contribution in [0.25, 0.3) is 5.69 Å². The number of hydrogen-bond donors (Lipinski definition) is 1. The molecule has 1 amide bonds. The first kappa shape index (κ1) is 27.8. The molecule has 9 nitrogen and oxygen atoms in total. The van der Waals surface area contributed by atoms with Gasteiger partial charge >= 0.3 is 0 Å². The highest BCUT2D eigenvalue weighted by Gasteiger charge is 2.19. The highest BCUT2D eigenvalue weighted by atomic mass is 35.5.